The lowest BCUT2D eigenvalue weighted by molar-refractivity contribution is 0.0734. The summed E-state index contributed by atoms with van der Waals surface area (Å²) in [5.74, 6) is 0.834. The molecule has 2 heterocycles. The van der Waals surface area contributed by atoms with Crippen LogP contribution in [0, 0.1) is 5.92 Å². The number of amides is 1. The average molecular weight is 255 g/mol. The molecule has 18 heavy (non-hydrogen) atoms. The van der Waals surface area contributed by atoms with Crippen molar-refractivity contribution in [3.63, 3.8) is 0 Å². The molecule has 0 aliphatic carbocycles. The van der Waals surface area contributed by atoms with E-state index in [1.165, 1.54) is 19.4 Å². The van der Waals surface area contributed by atoms with Crippen LogP contribution in [0.5, 0.6) is 0 Å². The van der Waals surface area contributed by atoms with Crippen LogP contribution in [-0.2, 0) is 4.74 Å². The lowest BCUT2D eigenvalue weighted by Crippen LogP contribution is -2.50. The molecule has 0 saturated carbocycles. The van der Waals surface area contributed by atoms with Crippen molar-refractivity contribution in [2.45, 2.75) is 19.8 Å². The second-order valence-corrected chi connectivity index (χ2v) is 5.18. The third kappa shape index (κ3) is 3.85. The summed E-state index contributed by atoms with van der Waals surface area (Å²) in [5, 5.41) is 3.40. The monoisotopic (exact) mass is 255 g/mol. The lowest BCUT2D eigenvalue weighted by Gasteiger charge is -2.36. The van der Waals surface area contributed by atoms with Gasteiger partial charge in [-0.3, -0.25) is 4.90 Å². The van der Waals surface area contributed by atoms with Crippen LogP contribution < -0.4 is 5.32 Å². The van der Waals surface area contributed by atoms with Crippen LogP contribution in [0.4, 0.5) is 4.79 Å². The molecule has 2 saturated heterocycles. The second-order valence-electron chi connectivity index (χ2n) is 5.18. The summed E-state index contributed by atoms with van der Waals surface area (Å²) < 4.78 is 5.03. The molecule has 0 aromatic rings. The van der Waals surface area contributed by atoms with Gasteiger partial charge in [0.1, 0.15) is 0 Å². The predicted molar refractivity (Wildman–Crippen MR) is 70.6 cm³/mol. The van der Waals surface area contributed by atoms with Crippen LogP contribution in [0.15, 0.2) is 0 Å². The van der Waals surface area contributed by atoms with Crippen LogP contribution in [-0.4, -0.2) is 68.3 Å². The Hall–Kier alpha value is -0.810. The van der Waals surface area contributed by atoms with E-state index in [4.69, 9.17) is 4.74 Å². The van der Waals surface area contributed by atoms with E-state index in [2.05, 4.69) is 10.2 Å². The highest BCUT2D eigenvalue weighted by Gasteiger charge is 2.24. The first-order chi connectivity index (χ1) is 8.79. The van der Waals surface area contributed by atoms with Crippen molar-refractivity contribution >= 4 is 6.09 Å². The van der Waals surface area contributed by atoms with Gasteiger partial charge < -0.3 is 15.0 Å². The standard InChI is InChI=1S/C13H25N3O2/c1-2-18-13(17)16-9-7-15(8-10-16)11-12-3-5-14-6-4-12/h12,14H,2-11H2,1H3. The van der Waals surface area contributed by atoms with E-state index in [0.717, 1.165) is 45.2 Å². The first-order valence-electron chi connectivity index (χ1n) is 7.14. The maximum Gasteiger partial charge on any atom is 0.409 e. The Balaban J connectivity index is 1.68. The van der Waals surface area contributed by atoms with E-state index in [1.54, 1.807) is 0 Å². The number of carbonyl (C=O) groups excluding carboxylic acids is 1. The first-order valence-corrected chi connectivity index (χ1v) is 7.14. The van der Waals surface area contributed by atoms with Crippen molar-refractivity contribution in [3.8, 4) is 0 Å². The number of hydrogen-bond donors (Lipinski definition) is 1. The van der Waals surface area contributed by atoms with Gasteiger partial charge in [0.05, 0.1) is 6.61 Å². The number of piperidine rings is 1. The summed E-state index contributed by atoms with van der Waals surface area (Å²) in [6.45, 7) is 9.43. The van der Waals surface area contributed by atoms with E-state index < -0.39 is 0 Å². The average Bonchev–Trinajstić information content (AvgIpc) is 2.41. The summed E-state index contributed by atoms with van der Waals surface area (Å²) in [7, 11) is 0. The maximum absolute atomic E-state index is 11.6. The SMILES string of the molecule is CCOC(=O)N1CCN(CC2CCNCC2)CC1. The lowest BCUT2D eigenvalue weighted by atomic mass is 9.97. The highest BCUT2D eigenvalue weighted by molar-refractivity contribution is 5.67. The highest BCUT2D eigenvalue weighted by atomic mass is 16.6. The van der Waals surface area contributed by atoms with Gasteiger partial charge in [0.25, 0.3) is 0 Å². The largest absolute Gasteiger partial charge is 0.450 e. The molecule has 0 radical (unpaired) electrons. The van der Waals surface area contributed by atoms with Gasteiger partial charge in [-0.1, -0.05) is 0 Å². The van der Waals surface area contributed by atoms with Gasteiger partial charge in [0, 0.05) is 32.7 Å². The second kappa shape index (κ2) is 6.95. The Morgan fingerprint density at radius 1 is 1.22 bits per heavy atom. The minimum Gasteiger partial charge on any atom is -0.450 e. The third-order valence-corrected chi connectivity index (χ3v) is 3.87. The van der Waals surface area contributed by atoms with Crippen molar-refractivity contribution in [2.75, 3.05) is 52.4 Å². The van der Waals surface area contributed by atoms with E-state index in [1.807, 2.05) is 11.8 Å². The summed E-state index contributed by atoms with van der Waals surface area (Å²) >= 11 is 0. The maximum atomic E-state index is 11.6. The van der Waals surface area contributed by atoms with Crippen molar-refractivity contribution in [1.29, 1.82) is 0 Å². The summed E-state index contributed by atoms with van der Waals surface area (Å²) in [6, 6.07) is 0. The molecule has 0 spiro atoms. The van der Waals surface area contributed by atoms with Gasteiger partial charge in [-0.05, 0) is 38.8 Å². The molecule has 5 nitrogen and oxygen atoms in total. The quantitative estimate of drug-likeness (QED) is 0.809. The van der Waals surface area contributed by atoms with Crippen molar-refractivity contribution in [2.24, 2.45) is 5.92 Å². The molecule has 0 aromatic heterocycles. The molecule has 5 heteroatoms. The van der Waals surface area contributed by atoms with Gasteiger partial charge in [-0.2, -0.15) is 0 Å². The van der Waals surface area contributed by atoms with Gasteiger partial charge in [0.15, 0.2) is 0 Å². The molecule has 0 atom stereocenters. The molecular weight excluding hydrogens is 230 g/mol. The summed E-state index contributed by atoms with van der Waals surface area (Å²) in [5.41, 5.74) is 0. The van der Waals surface area contributed by atoms with Gasteiger partial charge in [-0.25, -0.2) is 4.79 Å². The Bertz CT molecular complexity index is 259. The number of rotatable bonds is 3. The van der Waals surface area contributed by atoms with E-state index in [9.17, 15) is 4.79 Å². The molecule has 0 unspecified atom stereocenters. The number of piperazine rings is 1. The van der Waals surface area contributed by atoms with E-state index >= 15 is 0 Å². The van der Waals surface area contributed by atoms with E-state index in [0.29, 0.717) is 6.61 Å². The first kappa shape index (κ1) is 13.6. The molecule has 0 bridgehead atoms. The van der Waals surface area contributed by atoms with Gasteiger partial charge in [0.2, 0.25) is 0 Å². The smallest absolute Gasteiger partial charge is 0.409 e. The molecule has 2 rings (SSSR count). The van der Waals surface area contributed by atoms with Crippen LogP contribution in [0.3, 0.4) is 0 Å². The summed E-state index contributed by atoms with van der Waals surface area (Å²) in [4.78, 5) is 15.9. The van der Waals surface area contributed by atoms with Crippen LogP contribution in [0.2, 0.25) is 0 Å². The Morgan fingerprint density at radius 3 is 2.50 bits per heavy atom. The molecule has 1 N–H and O–H groups in total. The fourth-order valence-electron chi connectivity index (χ4n) is 2.76. The molecule has 2 aliphatic heterocycles. The Labute approximate surface area is 109 Å². The fourth-order valence-corrected chi connectivity index (χ4v) is 2.76. The number of nitrogens with one attached hydrogen (secondary N) is 1. The molecule has 104 valence electrons. The number of nitrogens with zero attached hydrogens (tertiary/aromatic N) is 2. The van der Waals surface area contributed by atoms with Crippen molar-refractivity contribution in [3.05, 3.63) is 0 Å². The Kier molecular flexibility index (Phi) is 5.26. The molecule has 1 amide bonds. The minimum absolute atomic E-state index is 0.154. The topological polar surface area (TPSA) is 44.8 Å². The molecular formula is C13H25N3O2. The predicted octanol–water partition coefficient (Wildman–Crippen LogP) is 0.760. The number of ether oxygens (including phenoxy) is 1. The number of carbonyl (C=O) groups is 1. The van der Waals surface area contributed by atoms with Crippen LogP contribution in [0.1, 0.15) is 19.8 Å². The molecule has 2 fully saturated rings. The zero-order valence-electron chi connectivity index (χ0n) is 11.4. The Morgan fingerprint density at radius 2 is 1.89 bits per heavy atom. The van der Waals surface area contributed by atoms with Crippen molar-refractivity contribution in [1.82, 2.24) is 15.1 Å². The normalized spacial score (nSPS) is 23.1. The third-order valence-electron chi connectivity index (χ3n) is 3.87. The van der Waals surface area contributed by atoms with Gasteiger partial charge >= 0.3 is 6.09 Å². The fraction of sp³-hybridized carbons (Fsp3) is 0.923. The zero-order chi connectivity index (χ0) is 12.8. The van der Waals surface area contributed by atoms with Crippen molar-refractivity contribution < 1.29 is 9.53 Å². The van der Waals surface area contributed by atoms with E-state index in [-0.39, 0.29) is 6.09 Å². The molecule has 2 aliphatic rings. The molecule has 0 aromatic carbocycles. The summed E-state index contributed by atoms with van der Waals surface area (Å²) in [6.07, 6.45) is 2.43. The van der Waals surface area contributed by atoms with Crippen LogP contribution in [0.25, 0.3) is 0 Å². The zero-order valence-corrected chi connectivity index (χ0v) is 11.4. The van der Waals surface area contributed by atoms with Gasteiger partial charge in [-0.15, -0.1) is 0 Å². The van der Waals surface area contributed by atoms with Crippen LogP contribution >= 0.6 is 0 Å². The number of hydrogen-bond acceptors (Lipinski definition) is 4. The minimum atomic E-state index is -0.154. The highest BCUT2D eigenvalue weighted by Crippen LogP contribution is 2.15.